The third-order valence-electron chi connectivity index (χ3n) is 2.96. The van der Waals surface area contributed by atoms with Crippen LogP contribution in [0.4, 0.5) is 0 Å². The lowest BCUT2D eigenvalue weighted by atomic mass is 10.1. The molecule has 0 spiro atoms. The smallest absolute Gasteiger partial charge is 0.0722 e. The molecule has 3 aromatic rings. The second-order valence-corrected chi connectivity index (χ2v) is 6.26. The number of benzene rings is 1. The number of aromatic nitrogens is 1. The summed E-state index contributed by atoms with van der Waals surface area (Å²) >= 11 is 4.99. The van der Waals surface area contributed by atoms with Crippen molar-refractivity contribution in [2.24, 2.45) is 0 Å². The van der Waals surface area contributed by atoms with Crippen LogP contribution in [0.3, 0.4) is 0 Å². The normalized spacial score (nSPS) is 11.3. The number of para-hydroxylation sites is 1. The zero-order valence-corrected chi connectivity index (χ0v) is 13.1. The molecule has 0 amide bonds. The largest absolute Gasteiger partial charge is 0.545 e. The maximum atomic E-state index is 11.3. The third-order valence-corrected chi connectivity index (χ3v) is 4.62. The molecule has 21 heavy (non-hydrogen) atoms. The van der Waals surface area contributed by atoms with Crippen molar-refractivity contribution in [3.05, 3.63) is 62.4 Å². The maximum Gasteiger partial charge on any atom is 0.0722 e. The molecule has 0 fully saturated rings. The van der Waals surface area contributed by atoms with E-state index < -0.39 is 5.97 Å². The van der Waals surface area contributed by atoms with Gasteiger partial charge in [0.25, 0.3) is 0 Å². The molecule has 0 atom stereocenters. The van der Waals surface area contributed by atoms with Crippen LogP contribution in [0.2, 0.25) is 0 Å². The van der Waals surface area contributed by atoms with Gasteiger partial charge in [0.05, 0.1) is 17.2 Å². The summed E-state index contributed by atoms with van der Waals surface area (Å²) in [5.74, 6) is -1.19. The number of hydrogen-bond acceptors (Lipinski definition) is 4. The van der Waals surface area contributed by atoms with Crippen molar-refractivity contribution in [3.63, 3.8) is 0 Å². The summed E-state index contributed by atoms with van der Waals surface area (Å²) in [4.78, 5) is 16.8. The SMILES string of the molecule is O=C([O-])c1cc(/C=C/c2cc(Br)cs2)nc2ccccc12. The predicted molar refractivity (Wildman–Crippen MR) is 87.0 cm³/mol. The molecule has 3 nitrogen and oxygen atoms in total. The monoisotopic (exact) mass is 358 g/mol. The van der Waals surface area contributed by atoms with Crippen LogP contribution in [-0.4, -0.2) is 11.0 Å². The first-order chi connectivity index (χ1) is 10.1. The Balaban J connectivity index is 2.07. The highest BCUT2D eigenvalue weighted by Gasteiger charge is 2.05. The summed E-state index contributed by atoms with van der Waals surface area (Å²) in [6.07, 6.45) is 3.71. The highest BCUT2D eigenvalue weighted by molar-refractivity contribution is 9.10. The lowest BCUT2D eigenvalue weighted by Crippen LogP contribution is -2.22. The van der Waals surface area contributed by atoms with Gasteiger partial charge in [-0.25, -0.2) is 4.98 Å². The van der Waals surface area contributed by atoms with Crippen molar-refractivity contribution in [1.29, 1.82) is 0 Å². The average molecular weight is 359 g/mol. The number of halogens is 1. The standard InChI is InChI=1S/C16H10BrNO2S/c17-10-7-12(21-9-10)6-5-11-8-14(16(19)20)13-3-1-2-4-15(13)18-11/h1-9H,(H,19,20)/p-1/b6-5+. The van der Waals surface area contributed by atoms with Gasteiger partial charge in [-0.15, -0.1) is 11.3 Å². The highest BCUT2D eigenvalue weighted by atomic mass is 79.9. The first kappa shape index (κ1) is 14.0. The Morgan fingerprint density at radius 1 is 1.24 bits per heavy atom. The zero-order chi connectivity index (χ0) is 14.8. The van der Waals surface area contributed by atoms with E-state index in [1.54, 1.807) is 35.6 Å². The van der Waals surface area contributed by atoms with Gasteiger partial charge in [0, 0.05) is 25.7 Å². The molecule has 2 aromatic heterocycles. The minimum atomic E-state index is -1.19. The van der Waals surface area contributed by atoms with Crippen LogP contribution < -0.4 is 5.11 Å². The zero-order valence-electron chi connectivity index (χ0n) is 10.7. The quantitative estimate of drug-likeness (QED) is 0.718. The molecular formula is C16H9BrNO2S-. The molecule has 3 rings (SSSR count). The van der Waals surface area contributed by atoms with Crippen LogP contribution in [-0.2, 0) is 0 Å². The molecule has 5 heteroatoms. The number of nitrogens with zero attached hydrogens (tertiary/aromatic N) is 1. The first-order valence-corrected chi connectivity index (χ1v) is 7.84. The van der Waals surface area contributed by atoms with Gasteiger partial charge >= 0.3 is 0 Å². The maximum absolute atomic E-state index is 11.3. The molecule has 0 bridgehead atoms. The Morgan fingerprint density at radius 3 is 2.76 bits per heavy atom. The van der Waals surface area contributed by atoms with E-state index in [0.29, 0.717) is 16.6 Å². The van der Waals surface area contributed by atoms with E-state index in [1.165, 1.54) is 6.07 Å². The van der Waals surface area contributed by atoms with Crippen LogP contribution in [0.5, 0.6) is 0 Å². The van der Waals surface area contributed by atoms with Gasteiger partial charge < -0.3 is 9.90 Å². The lowest BCUT2D eigenvalue weighted by Gasteiger charge is -2.08. The van der Waals surface area contributed by atoms with Crippen molar-refractivity contribution in [3.8, 4) is 0 Å². The highest BCUT2D eigenvalue weighted by Crippen LogP contribution is 2.23. The van der Waals surface area contributed by atoms with E-state index in [2.05, 4.69) is 20.9 Å². The molecule has 104 valence electrons. The van der Waals surface area contributed by atoms with Crippen LogP contribution in [0.15, 0.2) is 46.3 Å². The molecule has 0 saturated heterocycles. The Labute approximate surface area is 133 Å². The van der Waals surface area contributed by atoms with E-state index in [1.807, 2.05) is 23.6 Å². The van der Waals surface area contributed by atoms with Crippen molar-refractivity contribution >= 4 is 56.3 Å². The first-order valence-electron chi connectivity index (χ1n) is 6.17. The number of aromatic carboxylic acids is 1. The number of pyridine rings is 1. The summed E-state index contributed by atoms with van der Waals surface area (Å²) in [6.45, 7) is 0. The molecule has 0 radical (unpaired) electrons. The Morgan fingerprint density at radius 2 is 2.05 bits per heavy atom. The van der Waals surface area contributed by atoms with Crippen molar-refractivity contribution in [2.75, 3.05) is 0 Å². The number of fused-ring (bicyclic) bond motifs is 1. The molecular weight excluding hydrogens is 350 g/mol. The second-order valence-electron chi connectivity index (χ2n) is 4.40. The van der Waals surface area contributed by atoms with E-state index in [-0.39, 0.29) is 5.56 Å². The summed E-state index contributed by atoms with van der Waals surface area (Å²) in [7, 11) is 0. The van der Waals surface area contributed by atoms with Gasteiger partial charge in [-0.1, -0.05) is 18.2 Å². The van der Waals surface area contributed by atoms with Crippen LogP contribution in [0.1, 0.15) is 20.9 Å². The Kier molecular flexibility index (Phi) is 3.86. The van der Waals surface area contributed by atoms with Crippen molar-refractivity contribution < 1.29 is 9.90 Å². The lowest BCUT2D eigenvalue weighted by molar-refractivity contribution is -0.254. The second kappa shape index (κ2) is 5.79. The topological polar surface area (TPSA) is 53.0 Å². The molecule has 0 aliphatic rings. The fraction of sp³-hybridized carbons (Fsp3) is 0. The molecule has 0 unspecified atom stereocenters. The minimum absolute atomic E-state index is 0.160. The van der Waals surface area contributed by atoms with Crippen molar-refractivity contribution in [2.45, 2.75) is 0 Å². The van der Waals surface area contributed by atoms with Gasteiger partial charge in [0.15, 0.2) is 0 Å². The van der Waals surface area contributed by atoms with E-state index in [9.17, 15) is 9.90 Å². The van der Waals surface area contributed by atoms with Crippen LogP contribution in [0, 0.1) is 0 Å². The minimum Gasteiger partial charge on any atom is -0.545 e. The van der Waals surface area contributed by atoms with E-state index in [4.69, 9.17) is 0 Å². The molecule has 0 aliphatic heterocycles. The fourth-order valence-electron chi connectivity index (χ4n) is 2.03. The number of carboxylic acids is 1. The molecule has 0 saturated carbocycles. The Hall–Kier alpha value is -1.98. The number of carbonyl (C=O) groups is 1. The summed E-state index contributed by atoms with van der Waals surface area (Å²) in [5.41, 5.74) is 1.40. The summed E-state index contributed by atoms with van der Waals surface area (Å²) in [5, 5.41) is 13.9. The number of rotatable bonds is 3. The molecule has 0 N–H and O–H groups in total. The van der Waals surface area contributed by atoms with Crippen LogP contribution in [0.25, 0.3) is 23.1 Å². The van der Waals surface area contributed by atoms with Gasteiger partial charge in [-0.05, 0) is 46.3 Å². The van der Waals surface area contributed by atoms with Gasteiger partial charge in [-0.3, -0.25) is 0 Å². The average Bonchev–Trinajstić information content (AvgIpc) is 2.89. The number of carboxylic acid groups (broad SMARTS) is 1. The number of carbonyl (C=O) groups excluding carboxylic acids is 1. The Bertz CT molecular complexity index is 854. The van der Waals surface area contributed by atoms with E-state index in [0.717, 1.165) is 9.35 Å². The van der Waals surface area contributed by atoms with E-state index >= 15 is 0 Å². The van der Waals surface area contributed by atoms with Crippen molar-refractivity contribution in [1.82, 2.24) is 4.98 Å². The van der Waals surface area contributed by atoms with Crippen LogP contribution >= 0.6 is 27.3 Å². The molecule has 1 aromatic carbocycles. The summed E-state index contributed by atoms with van der Waals surface area (Å²) < 4.78 is 1.02. The van der Waals surface area contributed by atoms with Gasteiger partial charge in [0.1, 0.15) is 0 Å². The molecule has 0 aliphatic carbocycles. The fourth-order valence-corrected chi connectivity index (χ4v) is 3.37. The number of hydrogen-bond donors (Lipinski definition) is 0. The van der Waals surface area contributed by atoms with Gasteiger partial charge in [0.2, 0.25) is 0 Å². The molecule has 2 heterocycles. The van der Waals surface area contributed by atoms with Gasteiger partial charge in [-0.2, -0.15) is 0 Å². The predicted octanol–water partition coefficient (Wildman–Crippen LogP) is 3.59. The number of thiophene rings is 1. The summed E-state index contributed by atoms with van der Waals surface area (Å²) in [6, 6.07) is 10.7. The third kappa shape index (κ3) is 3.04.